The molecule has 1 aromatic rings. The molecule has 0 bridgehead atoms. The average molecular weight is 377 g/mol. The van der Waals surface area contributed by atoms with E-state index in [1.54, 1.807) is 0 Å². The maximum atomic E-state index is 5.28. The van der Waals surface area contributed by atoms with Crippen molar-refractivity contribution < 1.29 is 4.74 Å². The Morgan fingerprint density at radius 2 is 1.89 bits per heavy atom. The smallest absolute Gasteiger partial charge is 0.191 e. The van der Waals surface area contributed by atoms with Gasteiger partial charge in [0.05, 0.1) is 13.2 Å². The number of ether oxygens (including phenoxy) is 1. The van der Waals surface area contributed by atoms with Crippen LogP contribution in [0.3, 0.4) is 0 Å². The van der Waals surface area contributed by atoms with Crippen molar-refractivity contribution in [2.75, 3.05) is 26.3 Å². The van der Waals surface area contributed by atoms with E-state index in [0.29, 0.717) is 13.2 Å². The quantitative estimate of drug-likeness (QED) is 0.332. The first-order chi connectivity index (χ1) is 8.86. The molecule has 0 saturated carbocycles. The Labute approximate surface area is 133 Å². The molecular weight excluding hydrogens is 353 g/mol. The molecule has 2 N–H and O–H groups in total. The monoisotopic (exact) mass is 377 g/mol. The first kappa shape index (κ1) is 18.2. The van der Waals surface area contributed by atoms with Crippen molar-refractivity contribution in [1.82, 2.24) is 10.6 Å². The standard InChI is InChI=1S/C14H23N3O.HI/c1-3-15-14(16-10-11-18-4-2)17-12-13-8-6-5-7-9-13;/h5-9H,3-4,10-12H2,1-2H3,(H2,15,16,17);1H. The van der Waals surface area contributed by atoms with E-state index >= 15 is 0 Å². The summed E-state index contributed by atoms with van der Waals surface area (Å²) in [6.45, 7) is 7.82. The fraction of sp³-hybridized carbons (Fsp3) is 0.500. The zero-order chi connectivity index (χ0) is 13.1. The lowest BCUT2D eigenvalue weighted by molar-refractivity contribution is 0.152. The minimum absolute atomic E-state index is 0. The average Bonchev–Trinajstić information content (AvgIpc) is 2.42. The highest BCUT2D eigenvalue weighted by Gasteiger charge is 1.96. The van der Waals surface area contributed by atoms with Crippen molar-refractivity contribution in [1.29, 1.82) is 0 Å². The zero-order valence-corrected chi connectivity index (χ0v) is 14.0. The Balaban J connectivity index is 0.00000324. The highest BCUT2D eigenvalue weighted by molar-refractivity contribution is 14.0. The number of hydrogen-bond acceptors (Lipinski definition) is 2. The molecule has 0 aliphatic heterocycles. The summed E-state index contributed by atoms with van der Waals surface area (Å²) in [7, 11) is 0. The third-order valence-corrected chi connectivity index (χ3v) is 2.35. The van der Waals surface area contributed by atoms with Crippen LogP contribution >= 0.6 is 24.0 Å². The molecule has 0 aliphatic rings. The predicted octanol–water partition coefficient (Wildman–Crippen LogP) is 2.40. The molecule has 0 atom stereocenters. The second-order valence-corrected chi connectivity index (χ2v) is 3.80. The molecular formula is C14H24IN3O. The molecule has 5 heteroatoms. The van der Waals surface area contributed by atoms with Gasteiger partial charge in [0.2, 0.25) is 0 Å². The number of nitrogens with zero attached hydrogens (tertiary/aromatic N) is 1. The molecule has 0 spiro atoms. The van der Waals surface area contributed by atoms with E-state index in [1.165, 1.54) is 5.56 Å². The molecule has 1 rings (SSSR count). The summed E-state index contributed by atoms with van der Waals surface area (Å²) in [5.41, 5.74) is 1.21. The topological polar surface area (TPSA) is 45.7 Å². The minimum atomic E-state index is 0. The van der Waals surface area contributed by atoms with E-state index in [-0.39, 0.29) is 24.0 Å². The van der Waals surface area contributed by atoms with Gasteiger partial charge in [-0.3, -0.25) is 0 Å². The molecule has 0 aliphatic carbocycles. The van der Waals surface area contributed by atoms with Crippen LogP contribution in [0, 0.1) is 0 Å². The van der Waals surface area contributed by atoms with Crippen LogP contribution in [0.15, 0.2) is 35.3 Å². The Bertz CT molecular complexity index is 344. The van der Waals surface area contributed by atoms with Crippen LogP contribution in [-0.2, 0) is 11.3 Å². The van der Waals surface area contributed by atoms with Crippen LogP contribution in [-0.4, -0.2) is 32.3 Å². The molecule has 0 saturated heterocycles. The molecule has 0 aromatic heterocycles. The summed E-state index contributed by atoms with van der Waals surface area (Å²) >= 11 is 0. The van der Waals surface area contributed by atoms with Gasteiger partial charge in [-0.05, 0) is 19.4 Å². The van der Waals surface area contributed by atoms with Gasteiger partial charge in [-0.2, -0.15) is 0 Å². The van der Waals surface area contributed by atoms with Crippen LogP contribution in [0.2, 0.25) is 0 Å². The third-order valence-electron chi connectivity index (χ3n) is 2.35. The molecule has 0 amide bonds. The van der Waals surface area contributed by atoms with Crippen LogP contribution in [0.25, 0.3) is 0 Å². The van der Waals surface area contributed by atoms with Gasteiger partial charge in [0.15, 0.2) is 5.96 Å². The van der Waals surface area contributed by atoms with Crippen molar-refractivity contribution in [3.63, 3.8) is 0 Å². The molecule has 0 heterocycles. The Morgan fingerprint density at radius 3 is 2.53 bits per heavy atom. The van der Waals surface area contributed by atoms with E-state index in [0.717, 1.165) is 25.7 Å². The first-order valence-electron chi connectivity index (χ1n) is 6.50. The van der Waals surface area contributed by atoms with E-state index in [1.807, 2.05) is 25.1 Å². The van der Waals surface area contributed by atoms with E-state index in [9.17, 15) is 0 Å². The van der Waals surface area contributed by atoms with Crippen molar-refractivity contribution in [2.45, 2.75) is 20.4 Å². The summed E-state index contributed by atoms with van der Waals surface area (Å²) in [5, 5.41) is 6.45. The van der Waals surface area contributed by atoms with Gasteiger partial charge in [-0.15, -0.1) is 24.0 Å². The number of nitrogens with one attached hydrogen (secondary N) is 2. The number of hydrogen-bond donors (Lipinski definition) is 2. The second-order valence-electron chi connectivity index (χ2n) is 3.80. The number of halogens is 1. The van der Waals surface area contributed by atoms with Gasteiger partial charge in [-0.1, -0.05) is 30.3 Å². The van der Waals surface area contributed by atoms with Gasteiger partial charge in [0.25, 0.3) is 0 Å². The zero-order valence-electron chi connectivity index (χ0n) is 11.7. The molecule has 0 unspecified atom stereocenters. The molecule has 1 aromatic carbocycles. The van der Waals surface area contributed by atoms with Gasteiger partial charge < -0.3 is 15.4 Å². The molecule has 108 valence electrons. The van der Waals surface area contributed by atoms with Crippen LogP contribution in [0.4, 0.5) is 0 Å². The van der Waals surface area contributed by atoms with Gasteiger partial charge in [0.1, 0.15) is 0 Å². The van der Waals surface area contributed by atoms with Gasteiger partial charge in [0, 0.05) is 19.7 Å². The summed E-state index contributed by atoms with van der Waals surface area (Å²) in [4.78, 5) is 4.52. The van der Waals surface area contributed by atoms with Gasteiger partial charge in [-0.25, -0.2) is 4.99 Å². The van der Waals surface area contributed by atoms with Crippen LogP contribution < -0.4 is 10.6 Å². The Morgan fingerprint density at radius 1 is 1.16 bits per heavy atom. The van der Waals surface area contributed by atoms with Crippen LogP contribution in [0.5, 0.6) is 0 Å². The first-order valence-corrected chi connectivity index (χ1v) is 6.50. The van der Waals surface area contributed by atoms with Gasteiger partial charge >= 0.3 is 0 Å². The number of guanidine groups is 1. The maximum absolute atomic E-state index is 5.28. The number of rotatable bonds is 7. The van der Waals surface area contributed by atoms with Crippen molar-refractivity contribution in [3.05, 3.63) is 35.9 Å². The lowest BCUT2D eigenvalue weighted by atomic mass is 10.2. The summed E-state index contributed by atoms with van der Waals surface area (Å²) < 4.78 is 5.28. The van der Waals surface area contributed by atoms with E-state index < -0.39 is 0 Å². The lowest BCUT2D eigenvalue weighted by Crippen LogP contribution is -2.38. The molecule has 0 fully saturated rings. The fourth-order valence-corrected chi connectivity index (χ4v) is 1.48. The maximum Gasteiger partial charge on any atom is 0.191 e. The van der Waals surface area contributed by atoms with Crippen molar-refractivity contribution in [2.24, 2.45) is 4.99 Å². The predicted molar refractivity (Wildman–Crippen MR) is 91.2 cm³/mol. The second kappa shape index (κ2) is 12.2. The van der Waals surface area contributed by atoms with Crippen LogP contribution in [0.1, 0.15) is 19.4 Å². The number of aliphatic imine (C=N–C) groups is 1. The minimum Gasteiger partial charge on any atom is -0.380 e. The summed E-state index contributed by atoms with van der Waals surface area (Å²) in [6, 6.07) is 10.2. The Hall–Kier alpha value is -0.820. The van der Waals surface area contributed by atoms with E-state index in [4.69, 9.17) is 4.74 Å². The Kier molecular flexibility index (Phi) is 11.7. The highest BCUT2D eigenvalue weighted by Crippen LogP contribution is 1.99. The van der Waals surface area contributed by atoms with Crippen molar-refractivity contribution >= 4 is 29.9 Å². The number of benzene rings is 1. The third kappa shape index (κ3) is 8.83. The highest BCUT2D eigenvalue weighted by atomic mass is 127. The molecule has 0 radical (unpaired) electrons. The van der Waals surface area contributed by atoms with Crippen molar-refractivity contribution in [3.8, 4) is 0 Å². The molecule has 19 heavy (non-hydrogen) atoms. The SMILES string of the molecule is CCNC(=NCc1ccccc1)NCCOCC.I. The fourth-order valence-electron chi connectivity index (χ4n) is 1.48. The molecule has 4 nitrogen and oxygen atoms in total. The summed E-state index contributed by atoms with van der Waals surface area (Å²) in [6.07, 6.45) is 0. The largest absolute Gasteiger partial charge is 0.380 e. The summed E-state index contributed by atoms with van der Waals surface area (Å²) in [5.74, 6) is 0.834. The van der Waals surface area contributed by atoms with E-state index in [2.05, 4.69) is 34.7 Å². The normalized spacial score (nSPS) is 10.7. The lowest BCUT2D eigenvalue weighted by Gasteiger charge is -2.11.